The molecule has 8 aromatic carbocycles. The van der Waals surface area contributed by atoms with Crippen molar-refractivity contribution in [2.24, 2.45) is 0 Å². The van der Waals surface area contributed by atoms with Crippen LogP contribution in [0, 0.1) is 0 Å². The summed E-state index contributed by atoms with van der Waals surface area (Å²) in [6.45, 7) is 0. The quantitative estimate of drug-likeness (QED) is 0.177. The van der Waals surface area contributed by atoms with E-state index in [0.717, 1.165) is 17.1 Å². The number of rotatable bonds is 5. The molecule has 2 heteroatoms. The average molecular weight is 604 g/mol. The third kappa shape index (κ3) is 4.63. The second-order valence-corrected chi connectivity index (χ2v) is 12.9. The maximum atomic E-state index is 2.37. The summed E-state index contributed by atoms with van der Waals surface area (Å²) in [6.07, 6.45) is 0. The maximum Gasteiger partial charge on any atom is 0.0476 e. The van der Waals surface area contributed by atoms with Gasteiger partial charge >= 0.3 is 0 Å². The van der Waals surface area contributed by atoms with Crippen LogP contribution in [0.15, 0.2) is 176 Å². The molecule has 0 radical (unpaired) electrons. The topological polar surface area (TPSA) is 3.24 Å². The van der Waals surface area contributed by atoms with Crippen molar-refractivity contribution in [2.75, 3.05) is 4.90 Å². The zero-order chi connectivity index (χ0) is 30.5. The number of hydrogen-bond donors (Lipinski definition) is 0. The van der Waals surface area contributed by atoms with Crippen molar-refractivity contribution in [1.29, 1.82) is 0 Å². The SMILES string of the molecule is c1ccc(-c2ccc(N(c3ccc(-c4ccc5ccc6ccccc6c5c4)cc3)c3ccc4c(c3)sc3ccccc34)cc2)cc1. The Kier molecular flexibility index (Phi) is 6.40. The molecule has 46 heavy (non-hydrogen) atoms. The molecule has 0 N–H and O–H groups in total. The predicted octanol–water partition coefficient (Wildman–Crippen LogP) is 13.2. The van der Waals surface area contributed by atoms with Crippen molar-refractivity contribution in [2.45, 2.75) is 0 Å². The molecule has 1 nitrogen and oxygen atoms in total. The molecular formula is C44H29NS. The van der Waals surface area contributed by atoms with Crippen LogP contribution in [0.3, 0.4) is 0 Å². The van der Waals surface area contributed by atoms with Gasteiger partial charge in [0.2, 0.25) is 0 Å². The zero-order valence-corrected chi connectivity index (χ0v) is 25.9. The van der Waals surface area contributed by atoms with Crippen LogP contribution in [0.25, 0.3) is 64.0 Å². The van der Waals surface area contributed by atoms with Crippen LogP contribution in [0.5, 0.6) is 0 Å². The monoisotopic (exact) mass is 603 g/mol. The standard InChI is InChI=1S/C44H29NS/c1-2-8-30(9-3-1)31-18-22-36(23-19-31)45(38-26-27-41-40-12-6-7-13-43(40)46-44(41)29-38)37-24-20-32(21-25-37)35-17-16-34-15-14-33-10-4-5-11-39(33)42(34)28-35/h1-29H. The lowest BCUT2D eigenvalue weighted by Crippen LogP contribution is -2.09. The van der Waals surface area contributed by atoms with Crippen molar-refractivity contribution in [3.8, 4) is 22.3 Å². The number of benzene rings is 8. The van der Waals surface area contributed by atoms with Gasteiger partial charge in [0.1, 0.15) is 0 Å². The fraction of sp³-hybridized carbons (Fsp3) is 0. The highest BCUT2D eigenvalue weighted by molar-refractivity contribution is 7.25. The lowest BCUT2D eigenvalue weighted by atomic mass is 9.97. The third-order valence-corrected chi connectivity index (χ3v) is 10.2. The minimum atomic E-state index is 1.13. The van der Waals surface area contributed by atoms with Crippen LogP contribution in [-0.4, -0.2) is 0 Å². The van der Waals surface area contributed by atoms with Gasteiger partial charge in [0, 0.05) is 37.2 Å². The molecule has 0 unspecified atom stereocenters. The van der Waals surface area contributed by atoms with Gasteiger partial charge in [-0.05, 0) is 92.3 Å². The van der Waals surface area contributed by atoms with E-state index >= 15 is 0 Å². The van der Waals surface area contributed by atoms with E-state index in [4.69, 9.17) is 0 Å². The van der Waals surface area contributed by atoms with E-state index in [1.807, 2.05) is 11.3 Å². The molecule has 0 saturated heterocycles. The van der Waals surface area contributed by atoms with Crippen LogP contribution in [0.4, 0.5) is 17.1 Å². The number of hydrogen-bond acceptors (Lipinski definition) is 2. The Labute approximate surface area is 272 Å². The summed E-state index contributed by atoms with van der Waals surface area (Å²) < 4.78 is 2.62. The minimum absolute atomic E-state index is 1.13. The second-order valence-electron chi connectivity index (χ2n) is 11.8. The molecule has 0 amide bonds. The summed E-state index contributed by atoms with van der Waals surface area (Å²) >= 11 is 1.86. The van der Waals surface area contributed by atoms with E-state index in [1.165, 1.54) is 64.0 Å². The Bertz CT molecular complexity index is 2510. The van der Waals surface area contributed by atoms with Crippen molar-refractivity contribution in [1.82, 2.24) is 0 Å². The maximum absolute atomic E-state index is 2.37. The van der Waals surface area contributed by atoms with Crippen LogP contribution in [0.1, 0.15) is 0 Å². The van der Waals surface area contributed by atoms with Gasteiger partial charge in [-0.2, -0.15) is 0 Å². The summed E-state index contributed by atoms with van der Waals surface area (Å²) in [4.78, 5) is 2.37. The fourth-order valence-electron chi connectivity index (χ4n) is 6.72. The van der Waals surface area contributed by atoms with Gasteiger partial charge in [-0.3, -0.25) is 0 Å². The van der Waals surface area contributed by atoms with Gasteiger partial charge in [0.15, 0.2) is 0 Å². The van der Waals surface area contributed by atoms with E-state index in [2.05, 4.69) is 181 Å². The van der Waals surface area contributed by atoms with Crippen molar-refractivity contribution < 1.29 is 0 Å². The normalized spacial score (nSPS) is 11.5. The molecular weight excluding hydrogens is 575 g/mol. The molecule has 0 bridgehead atoms. The van der Waals surface area contributed by atoms with Crippen LogP contribution < -0.4 is 4.90 Å². The fourth-order valence-corrected chi connectivity index (χ4v) is 7.86. The van der Waals surface area contributed by atoms with Crippen LogP contribution in [0.2, 0.25) is 0 Å². The molecule has 1 heterocycles. The second kappa shape index (κ2) is 11.0. The van der Waals surface area contributed by atoms with E-state index in [-0.39, 0.29) is 0 Å². The molecule has 1 aromatic heterocycles. The smallest absolute Gasteiger partial charge is 0.0476 e. The first-order valence-corrected chi connectivity index (χ1v) is 16.5. The molecule has 0 spiro atoms. The largest absolute Gasteiger partial charge is 0.310 e. The van der Waals surface area contributed by atoms with E-state index < -0.39 is 0 Å². The van der Waals surface area contributed by atoms with E-state index in [9.17, 15) is 0 Å². The Morgan fingerprint density at radius 2 is 0.826 bits per heavy atom. The zero-order valence-electron chi connectivity index (χ0n) is 25.1. The van der Waals surface area contributed by atoms with Gasteiger partial charge in [0.05, 0.1) is 0 Å². The first-order chi connectivity index (χ1) is 22.8. The van der Waals surface area contributed by atoms with Crippen molar-refractivity contribution >= 4 is 70.1 Å². The number of fused-ring (bicyclic) bond motifs is 6. The molecule has 9 aromatic rings. The summed E-state index contributed by atoms with van der Waals surface area (Å²) in [7, 11) is 0. The van der Waals surface area contributed by atoms with Crippen molar-refractivity contribution in [3.05, 3.63) is 176 Å². The Balaban J connectivity index is 1.14. The lowest BCUT2D eigenvalue weighted by Gasteiger charge is -2.26. The van der Waals surface area contributed by atoms with Crippen molar-refractivity contribution in [3.63, 3.8) is 0 Å². The van der Waals surface area contributed by atoms with Crippen LogP contribution in [-0.2, 0) is 0 Å². The molecule has 216 valence electrons. The molecule has 0 saturated carbocycles. The summed E-state index contributed by atoms with van der Waals surface area (Å²) in [5.74, 6) is 0. The number of thiophene rings is 1. The van der Waals surface area contributed by atoms with Gasteiger partial charge in [-0.15, -0.1) is 11.3 Å². The van der Waals surface area contributed by atoms with Gasteiger partial charge in [-0.25, -0.2) is 0 Å². The molecule has 0 fully saturated rings. The van der Waals surface area contributed by atoms with Gasteiger partial charge < -0.3 is 4.90 Å². The molecule has 0 aliphatic heterocycles. The van der Waals surface area contributed by atoms with Gasteiger partial charge in [0.25, 0.3) is 0 Å². The Morgan fingerprint density at radius 3 is 1.59 bits per heavy atom. The van der Waals surface area contributed by atoms with Crippen LogP contribution >= 0.6 is 11.3 Å². The highest BCUT2D eigenvalue weighted by atomic mass is 32.1. The van der Waals surface area contributed by atoms with E-state index in [1.54, 1.807) is 0 Å². The Morgan fingerprint density at radius 1 is 0.304 bits per heavy atom. The first kappa shape index (κ1) is 26.7. The average Bonchev–Trinajstić information content (AvgIpc) is 3.50. The summed E-state index contributed by atoms with van der Waals surface area (Å²) in [6, 6.07) is 64.0. The van der Waals surface area contributed by atoms with E-state index in [0.29, 0.717) is 0 Å². The lowest BCUT2D eigenvalue weighted by molar-refractivity contribution is 1.29. The molecule has 0 atom stereocenters. The first-order valence-electron chi connectivity index (χ1n) is 15.7. The van der Waals surface area contributed by atoms with Gasteiger partial charge in [-0.1, -0.05) is 127 Å². The molecule has 9 rings (SSSR count). The molecule has 0 aliphatic rings. The molecule has 0 aliphatic carbocycles. The third-order valence-electron chi connectivity index (χ3n) is 9.06. The minimum Gasteiger partial charge on any atom is -0.310 e. The predicted molar refractivity (Wildman–Crippen MR) is 200 cm³/mol. The summed E-state index contributed by atoms with van der Waals surface area (Å²) in [5.41, 5.74) is 8.27. The highest BCUT2D eigenvalue weighted by Crippen LogP contribution is 2.41. The number of nitrogens with zero attached hydrogens (tertiary/aromatic N) is 1. The summed E-state index contributed by atoms with van der Waals surface area (Å²) in [5, 5.41) is 7.74. The highest BCUT2D eigenvalue weighted by Gasteiger charge is 2.15. The Hall–Kier alpha value is -5.70. The number of anilines is 3.